The molecule has 0 aliphatic carbocycles. The van der Waals surface area contributed by atoms with Crippen LogP contribution < -0.4 is 10.6 Å². The standard InChI is InChI=1S/C22H23ClN4O/c1-15-9-10-17(12-19(15)23)25-22-26-20(16-6-3-2-4-7-16)13-21(27-22)24-14-18-8-5-11-28-18/h2-4,6-7,9-10,12-13,18H,5,8,11,14H2,1H3,(H2,24,25,26,27). The second-order valence-corrected chi connectivity index (χ2v) is 7.34. The SMILES string of the molecule is Cc1ccc(Nc2nc(NCC3CCCO3)cc(-c3ccccc3)n2)cc1Cl. The van der Waals surface area contributed by atoms with Gasteiger partial charge in [-0.15, -0.1) is 0 Å². The molecule has 1 aliphatic heterocycles. The maximum atomic E-state index is 6.25. The van der Waals surface area contributed by atoms with Crippen molar-refractivity contribution < 1.29 is 4.74 Å². The lowest BCUT2D eigenvalue weighted by Gasteiger charge is -2.14. The van der Waals surface area contributed by atoms with Crippen molar-refractivity contribution in [2.75, 3.05) is 23.8 Å². The minimum atomic E-state index is 0.238. The summed E-state index contributed by atoms with van der Waals surface area (Å²) in [5, 5.41) is 7.38. The van der Waals surface area contributed by atoms with Crippen LogP contribution in [0.2, 0.25) is 5.02 Å². The Hall–Kier alpha value is -2.63. The minimum absolute atomic E-state index is 0.238. The van der Waals surface area contributed by atoms with Gasteiger partial charge in [-0.05, 0) is 37.5 Å². The van der Waals surface area contributed by atoms with E-state index in [1.54, 1.807) is 0 Å². The zero-order valence-corrected chi connectivity index (χ0v) is 16.5. The van der Waals surface area contributed by atoms with Crippen molar-refractivity contribution in [1.82, 2.24) is 9.97 Å². The van der Waals surface area contributed by atoms with Crippen molar-refractivity contribution in [3.05, 3.63) is 65.2 Å². The first-order chi connectivity index (χ1) is 13.7. The van der Waals surface area contributed by atoms with Crippen molar-refractivity contribution in [1.29, 1.82) is 0 Å². The molecule has 0 spiro atoms. The fourth-order valence-electron chi connectivity index (χ4n) is 3.17. The molecule has 0 saturated carbocycles. The molecular weight excluding hydrogens is 372 g/mol. The van der Waals surface area contributed by atoms with E-state index in [9.17, 15) is 0 Å². The lowest BCUT2D eigenvalue weighted by Crippen LogP contribution is -2.19. The van der Waals surface area contributed by atoms with Gasteiger partial charge >= 0.3 is 0 Å². The Bertz CT molecular complexity index is 943. The lowest BCUT2D eigenvalue weighted by molar-refractivity contribution is 0.120. The summed E-state index contributed by atoms with van der Waals surface area (Å²) < 4.78 is 5.70. The van der Waals surface area contributed by atoms with E-state index >= 15 is 0 Å². The number of rotatable bonds is 6. The molecular formula is C22H23ClN4O. The molecule has 1 unspecified atom stereocenters. The number of benzene rings is 2. The number of nitrogens with zero attached hydrogens (tertiary/aromatic N) is 2. The number of halogens is 1. The summed E-state index contributed by atoms with van der Waals surface area (Å²) in [7, 11) is 0. The molecule has 2 heterocycles. The van der Waals surface area contributed by atoms with Crippen molar-refractivity contribution in [3.8, 4) is 11.3 Å². The van der Waals surface area contributed by atoms with Crippen LogP contribution >= 0.6 is 11.6 Å². The highest BCUT2D eigenvalue weighted by atomic mass is 35.5. The average Bonchev–Trinajstić information content (AvgIpc) is 3.23. The summed E-state index contributed by atoms with van der Waals surface area (Å²) >= 11 is 6.25. The van der Waals surface area contributed by atoms with Crippen LogP contribution in [0.15, 0.2) is 54.6 Å². The first-order valence-corrected chi connectivity index (χ1v) is 9.88. The van der Waals surface area contributed by atoms with Crippen LogP contribution in [0.3, 0.4) is 0 Å². The third-order valence-corrected chi connectivity index (χ3v) is 5.17. The molecule has 6 heteroatoms. The first-order valence-electron chi connectivity index (χ1n) is 9.50. The smallest absolute Gasteiger partial charge is 0.229 e. The normalized spacial score (nSPS) is 16.1. The Balaban J connectivity index is 1.61. The monoisotopic (exact) mass is 394 g/mol. The van der Waals surface area contributed by atoms with E-state index in [2.05, 4.69) is 15.6 Å². The predicted molar refractivity (Wildman–Crippen MR) is 114 cm³/mol. The Labute approximate surface area is 170 Å². The van der Waals surface area contributed by atoms with Crippen LogP contribution in [0.1, 0.15) is 18.4 Å². The summed E-state index contributed by atoms with van der Waals surface area (Å²) in [5.74, 6) is 1.29. The predicted octanol–water partition coefficient (Wildman–Crippen LogP) is 5.44. The molecule has 2 N–H and O–H groups in total. The van der Waals surface area contributed by atoms with Gasteiger partial charge in [-0.25, -0.2) is 4.98 Å². The van der Waals surface area contributed by atoms with E-state index in [0.717, 1.165) is 54.3 Å². The number of nitrogens with one attached hydrogen (secondary N) is 2. The minimum Gasteiger partial charge on any atom is -0.376 e. The number of ether oxygens (including phenoxy) is 1. The van der Waals surface area contributed by atoms with E-state index < -0.39 is 0 Å². The molecule has 0 amide bonds. The number of hydrogen-bond acceptors (Lipinski definition) is 5. The van der Waals surface area contributed by atoms with Crippen LogP contribution in [0.25, 0.3) is 11.3 Å². The highest BCUT2D eigenvalue weighted by molar-refractivity contribution is 6.31. The molecule has 4 rings (SSSR count). The van der Waals surface area contributed by atoms with Crippen molar-refractivity contribution in [3.63, 3.8) is 0 Å². The van der Waals surface area contributed by atoms with Gasteiger partial charge in [0.1, 0.15) is 5.82 Å². The topological polar surface area (TPSA) is 59.1 Å². The van der Waals surface area contributed by atoms with Crippen LogP contribution in [0.4, 0.5) is 17.5 Å². The maximum Gasteiger partial charge on any atom is 0.229 e. The highest BCUT2D eigenvalue weighted by Crippen LogP contribution is 2.25. The number of aryl methyl sites for hydroxylation is 1. The van der Waals surface area contributed by atoms with E-state index in [1.165, 1.54) is 0 Å². The van der Waals surface area contributed by atoms with Crippen LogP contribution in [-0.4, -0.2) is 29.2 Å². The van der Waals surface area contributed by atoms with Gasteiger partial charge in [0.15, 0.2) is 0 Å². The van der Waals surface area contributed by atoms with Gasteiger partial charge in [0, 0.05) is 35.5 Å². The highest BCUT2D eigenvalue weighted by Gasteiger charge is 2.16. The van der Waals surface area contributed by atoms with E-state index in [0.29, 0.717) is 11.0 Å². The quantitative estimate of drug-likeness (QED) is 0.583. The van der Waals surface area contributed by atoms with E-state index in [1.807, 2.05) is 61.5 Å². The maximum absolute atomic E-state index is 6.25. The molecule has 1 aromatic heterocycles. The fourth-order valence-corrected chi connectivity index (χ4v) is 3.35. The van der Waals surface area contributed by atoms with Gasteiger partial charge in [0.05, 0.1) is 11.8 Å². The Kier molecular flexibility index (Phi) is 5.74. The van der Waals surface area contributed by atoms with Gasteiger partial charge in [-0.1, -0.05) is 48.0 Å². The van der Waals surface area contributed by atoms with Crippen LogP contribution in [0.5, 0.6) is 0 Å². The number of aromatic nitrogens is 2. The Morgan fingerprint density at radius 3 is 2.71 bits per heavy atom. The largest absolute Gasteiger partial charge is 0.376 e. The van der Waals surface area contributed by atoms with Gasteiger partial charge in [0.2, 0.25) is 5.95 Å². The summed E-state index contributed by atoms with van der Waals surface area (Å²) in [4.78, 5) is 9.33. The molecule has 3 aromatic rings. The zero-order valence-electron chi connectivity index (χ0n) is 15.8. The number of hydrogen-bond donors (Lipinski definition) is 2. The third kappa shape index (κ3) is 4.61. The molecule has 0 bridgehead atoms. The molecule has 0 radical (unpaired) electrons. The van der Waals surface area contributed by atoms with Gasteiger partial charge in [0.25, 0.3) is 0 Å². The third-order valence-electron chi connectivity index (χ3n) is 4.76. The van der Waals surface area contributed by atoms with Gasteiger partial charge < -0.3 is 15.4 Å². The summed E-state index contributed by atoms with van der Waals surface area (Å²) in [6, 6.07) is 17.9. The van der Waals surface area contributed by atoms with Crippen LogP contribution in [-0.2, 0) is 4.74 Å². The van der Waals surface area contributed by atoms with Gasteiger partial charge in [-0.2, -0.15) is 4.98 Å². The fraction of sp³-hybridized carbons (Fsp3) is 0.273. The van der Waals surface area contributed by atoms with Crippen molar-refractivity contribution >= 4 is 29.1 Å². The summed E-state index contributed by atoms with van der Waals surface area (Å²) in [6.45, 7) is 3.55. The Morgan fingerprint density at radius 1 is 1.11 bits per heavy atom. The Morgan fingerprint density at radius 2 is 1.96 bits per heavy atom. The molecule has 1 aliphatic rings. The van der Waals surface area contributed by atoms with E-state index in [4.69, 9.17) is 21.3 Å². The van der Waals surface area contributed by atoms with Crippen molar-refractivity contribution in [2.24, 2.45) is 0 Å². The van der Waals surface area contributed by atoms with Gasteiger partial charge in [-0.3, -0.25) is 0 Å². The molecule has 5 nitrogen and oxygen atoms in total. The number of anilines is 3. The molecule has 1 saturated heterocycles. The van der Waals surface area contributed by atoms with E-state index in [-0.39, 0.29) is 6.10 Å². The molecule has 1 fully saturated rings. The van der Waals surface area contributed by atoms with Crippen molar-refractivity contribution in [2.45, 2.75) is 25.9 Å². The second kappa shape index (κ2) is 8.59. The van der Waals surface area contributed by atoms with Crippen LogP contribution in [0, 0.1) is 6.92 Å². The average molecular weight is 395 g/mol. The lowest BCUT2D eigenvalue weighted by atomic mass is 10.1. The first kappa shape index (κ1) is 18.7. The molecule has 2 aromatic carbocycles. The molecule has 1 atom stereocenters. The molecule has 28 heavy (non-hydrogen) atoms. The summed E-state index contributed by atoms with van der Waals surface area (Å²) in [6.07, 6.45) is 2.44. The summed E-state index contributed by atoms with van der Waals surface area (Å²) in [5.41, 5.74) is 3.78. The second-order valence-electron chi connectivity index (χ2n) is 6.93. The molecule has 144 valence electrons. The zero-order chi connectivity index (χ0) is 19.3.